The monoisotopic (exact) mass is 415 g/mol. The van der Waals surface area contributed by atoms with Crippen LogP contribution in [0.3, 0.4) is 0 Å². The van der Waals surface area contributed by atoms with E-state index in [1.807, 2.05) is 0 Å². The van der Waals surface area contributed by atoms with Crippen LogP contribution in [0.4, 0.5) is 17.6 Å². The highest BCUT2D eigenvalue weighted by Gasteiger charge is 2.40. The van der Waals surface area contributed by atoms with Crippen LogP contribution < -0.4 is 15.6 Å². The number of carbonyl (C=O) groups is 1. The topological polar surface area (TPSA) is 72.7 Å². The smallest absolute Gasteiger partial charge is 0.427 e. The first-order valence-electron chi connectivity index (χ1n) is 8.00. The molecule has 6 nitrogen and oxygen atoms in total. The molecule has 0 aliphatic rings. The number of hydrogen-bond acceptors (Lipinski definition) is 5. The lowest BCUT2D eigenvalue weighted by Crippen LogP contribution is -2.30. The van der Waals surface area contributed by atoms with Gasteiger partial charge in [-0.3, -0.25) is 9.59 Å². The second-order valence-corrected chi connectivity index (χ2v) is 6.56. The second-order valence-electron chi connectivity index (χ2n) is 5.58. The standard InChI is InChI=1S/C17H13F4N3O3S/c1-2-22-15(26)13-14(17(19,20)21)28-16-23-10(7-12(25)24(13)16)8-27-11-5-3-9(18)4-6-11/h3-7H,2,8H2,1H3,(H,22,26). The molecule has 0 fully saturated rings. The molecule has 1 aromatic carbocycles. The number of nitrogens with zero attached hydrogens (tertiary/aromatic N) is 2. The largest absolute Gasteiger partial charge is 0.487 e. The maximum atomic E-state index is 13.4. The SMILES string of the molecule is CCNC(=O)c1c(C(F)(F)F)sc2nc(COc3ccc(F)cc3)cc(=O)n12. The van der Waals surface area contributed by atoms with Gasteiger partial charge in [0.25, 0.3) is 11.5 Å². The fourth-order valence-electron chi connectivity index (χ4n) is 2.43. The number of carbonyl (C=O) groups excluding carboxylic acids is 1. The minimum absolute atomic E-state index is 0.0757. The number of fused-ring (bicyclic) bond motifs is 1. The minimum atomic E-state index is -4.82. The quantitative estimate of drug-likeness (QED) is 0.650. The number of ether oxygens (including phenoxy) is 1. The predicted octanol–water partition coefficient (Wildman–Crippen LogP) is 3.24. The molecule has 0 unspecified atom stereocenters. The van der Waals surface area contributed by atoms with Crippen LogP contribution in [0.1, 0.15) is 28.0 Å². The number of alkyl halides is 3. The lowest BCUT2D eigenvalue weighted by atomic mass is 10.3. The number of rotatable bonds is 5. The lowest BCUT2D eigenvalue weighted by Gasteiger charge is -2.08. The molecule has 0 saturated heterocycles. The molecule has 0 atom stereocenters. The number of benzene rings is 1. The molecular weight excluding hydrogens is 402 g/mol. The van der Waals surface area contributed by atoms with Gasteiger partial charge in [-0.15, -0.1) is 0 Å². The van der Waals surface area contributed by atoms with E-state index in [1.54, 1.807) is 6.92 Å². The summed E-state index contributed by atoms with van der Waals surface area (Å²) in [7, 11) is 0. The molecule has 11 heteroatoms. The van der Waals surface area contributed by atoms with Crippen LogP contribution in [0.25, 0.3) is 4.96 Å². The normalized spacial score (nSPS) is 11.6. The Bertz CT molecular complexity index is 1070. The van der Waals surface area contributed by atoms with Crippen molar-refractivity contribution in [3.8, 4) is 5.75 Å². The van der Waals surface area contributed by atoms with E-state index in [0.29, 0.717) is 10.2 Å². The Labute approximate surface area is 159 Å². The molecule has 1 amide bonds. The third-order valence-corrected chi connectivity index (χ3v) is 4.67. The van der Waals surface area contributed by atoms with Crippen LogP contribution >= 0.6 is 11.3 Å². The Morgan fingerprint density at radius 2 is 1.96 bits per heavy atom. The van der Waals surface area contributed by atoms with Crippen LogP contribution in [-0.4, -0.2) is 21.8 Å². The van der Waals surface area contributed by atoms with Crippen molar-refractivity contribution >= 4 is 22.2 Å². The molecular formula is C17H13F4N3O3S. The molecule has 2 aromatic heterocycles. The third kappa shape index (κ3) is 3.98. The van der Waals surface area contributed by atoms with Gasteiger partial charge in [-0.1, -0.05) is 11.3 Å². The van der Waals surface area contributed by atoms with E-state index in [-0.39, 0.29) is 35.1 Å². The Balaban J connectivity index is 2.02. The van der Waals surface area contributed by atoms with Gasteiger partial charge in [-0.05, 0) is 31.2 Å². The molecule has 1 N–H and O–H groups in total. The van der Waals surface area contributed by atoms with Crippen LogP contribution in [0.15, 0.2) is 35.1 Å². The zero-order valence-electron chi connectivity index (χ0n) is 14.3. The van der Waals surface area contributed by atoms with Crippen LogP contribution in [0.2, 0.25) is 0 Å². The summed E-state index contributed by atoms with van der Waals surface area (Å²) in [6.45, 7) is 1.43. The Kier molecular flexibility index (Phi) is 5.36. The zero-order valence-corrected chi connectivity index (χ0v) is 15.2. The predicted molar refractivity (Wildman–Crippen MR) is 93.1 cm³/mol. The van der Waals surface area contributed by atoms with E-state index in [0.717, 1.165) is 6.07 Å². The van der Waals surface area contributed by atoms with Gasteiger partial charge in [0.05, 0.1) is 5.69 Å². The van der Waals surface area contributed by atoms with Crippen LogP contribution in [-0.2, 0) is 12.8 Å². The highest BCUT2D eigenvalue weighted by molar-refractivity contribution is 7.17. The van der Waals surface area contributed by atoms with Gasteiger partial charge in [0.1, 0.15) is 28.7 Å². The number of amides is 1. The molecule has 148 valence electrons. The molecule has 0 spiro atoms. The van der Waals surface area contributed by atoms with E-state index in [1.165, 1.54) is 24.3 Å². The first-order valence-corrected chi connectivity index (χ1v) is 8.81. The van der Waals surface area contributed by atoms with Crippen molar-refractivity contribution < 1.29 is 27.1 Å². The first kappa shape index (κ1) is 19.8. The summed E-state index contributed by atoms with van der Waals surface area (Å²) in [5.41, 5.74) is -1.56. The molecule has 28 heavy (non-hydrogen) atoms. The summed E-state index contributed by atoms with van der Waals surface area (Å²) in [5, 5.41) is 2.27. The summed E-state index contributed by atoms with van der Waals surface area (Å²) in [4.78, 5) is 27.0. The van der Waals surface area contributed by atoms with Gasteiger partial charge in [0.2, 0.25) is 0 Å². The van der Waals surface area contributed by atoms with E-state index < -0.39 is 34.0 Å². The maximum Gasteiger partial charge on any atom is 0.427 e. The van der Waals surface area contributed by atoms with E-state index in [2.05, 4.69) is 10.3 Å². The van der Waals surface area contributed by atoms with Gasteiger partial charge in [-0.2, -0.15) is 13.2 Å². The first-order chi connectivity index (χ1) is 13.2. The van der Waals surface area contributed by atoms with Crippen molar-refractivity contribution in [3.05, 3.63) is 62.8 Å². The minimum Gasteiger partial charge on any atom is -0.487 e. The van der Waals surface area contributed by atoms with Crippen LogP contribution in [0.5, 0.6) is 5.75 Å². The van der Waals surface area contributed by atoms with Gasteiger partial charge in [-0.25, -0.2) is 13.8 Å². The average Bonchev–Trinajstić information content (AvgIpc) is 3.02. The highest BCUT2D eigenvalue weighted by Crippen LogP contribution is 2.37. The molecule has 3 rings (SSSR count). The Hall–Kier alpha value is -2.95. The molecule has 0 saturated carbocycles. The third-order valence-electron chi connectivity index (χ3n) is 3.58. The van der Waals surface area contributed by atoms with E-state index in [4.69, 9.17) is 4.74 Å². The second kappa shape index (κ2) is 7.58. The fraction of sp³-hybridized carbons (Fsp3) is 0.235. The van der Waals surface area contributed by atoms with Gasteiger partial charge >= 0.3 is 6.18 Å². The number of hydrogen-bond donors (Lipinski definition) is 1. The average molecular weight is 415 g/mol. The Morgan fingerprint density at radius 1 is 1.29 bits per heavy atom. The number of aromatic nitrogens is 2. The van der Waals surface area contributed by atoms with Crippen molar-refractivity contribution in [2.24, 2.45) is 0 Å². The lowest BCUT2D eigenvalue weighted by molar-refractivity contribution is -0.134. The van der Waals surface area contributed by atoms with Gasteiger partial charge in [0, 0.05) is 12.6 Å². The van der Waals surface area contributed by atoms with Crippen LogP contribution in [0, 0.1) is 5.82 Å². The number of thiazole rings is 1. The Morgan fingerprint density at radius 3 is 2.57 bits per heavy atom. The zero-order chi connectivity index (χ0) is 20.5. The van der Waals surface area contributed by atoms with Crippen molar-refractivity contribution in [1.82, 2.24) is 14.7 Å². The summed E-state index contributed by atoms with van der Waals surface area (Å²) >= 11 is 0.198. The molecule has 0 radical (unpaired) electrons. The van der Waals surface area contributed by atoms with Gasteiger partial charge in [0.15, 0.2) is 4.96 Å². The number of nitrogens with one attached hydrogen (secondary N) is 1. The number of halogens is 4. The molecule has 0 aliphatic heterocycles. The van der Waals surface area contributed by atoms with E-state index >= 15 is 0 Å². The summed E-state index contributed by atoms with van der Waals surface area (Å²) in [6, 6.07) is 6.07. The summed E-state index contributed by atoms with van der Waals surface area (Å²) in [6.07, 6.45) is -4.82. The van der Waals surface area contributed by atoms with Crippen molar-refractivity contribution in [2.75, 3.05) is 6.54 Å². The van der Waals surface area contributed by atoms with Gasteiger partial charge < -0.3 is 10.1 Å². The highest BCUT2D eigenvalue weighted by atomic mass is 32.1. The fourth-order valence-corrected chi connectivity index (χ4v) is 3.44. The van der Waals surface area contributed by atoms with E-state index in [9.17, 15) is 27.2 Å². The maximum absolute atomic E-state index is 13.4. The molecule has 0 bridgehead atoms. The molecule has 0 aliphatic carbocycles. The van der Waals surface area contributed by atoms with Crippen molar-refractivity contribution in [2.45, 2.75) is 19.7 Å². The summed E-state index contributed by atoms with van der Waals surface area (Å²) in [5.74, 6) is -1.17. The molecule has 3 aromatic rings. The van der Waals surface area contributed by atoms with Crippen molar-refractivity contribution in [1.29, 1.82) is 0 Å². The summed E-state index contributed by atoms with van der Waals surface area (Å²) < 4.78 is 59.0. The van der Waals surface area contributed by atoms with Crippen molar-refractivity contribution in [3.63, 3.8) is 0 Å². The molecule has 2 heterocycles.